The average molecular weight is 316 g/mol. The predicted octanol–water partition coefficient (Wildman–Crippen LogP) is 2.38. The third-order valence-electron chi connectivity index (χ3n) is 4.26. The second-order valence-corrected chi connectivity index (χ2v) is 7.70. The number of rotatable bonds is 4. The summed E-state index contributed by atoms with van der Waals surface area (Å²) in [5, 5.41) is 6.91. The van der Waals surface area contributed by atoms with Crippen LogP contribution in [0.2, 0.25) is 0 Å². The maximum absolute atomic E-state index is 12.5. The van der Waals surface area contributed by atoms with E-state index in [0.717, 1.165) is 18.5 Å². The van der Waals surface area contributed by atoms with Gasteiger partial charge in [0.15, 0.2) is 0 Å². The second-order valence-electron chi connectivity index (χ2n) is 5.78. The summed E-state index contributed by atoms with van der Waals surface area (Å²) in [4.78, 5) is -0.339. The first-order valence-corrected chi connectivity index (χ1v) is 8.64. The van der Waals surface area contributed by atoms with Crippen molar-refractivity contribution < 1.29 is 17.2 Å². The minimum atomic E-state index is -4.51. The number of alkyl halides is 2. The van der Waals surface area contributed by atoms with Crippen molar-refractivity contribution in [2.75, 3.05) is 5.32 Å². The largest absolute Gasteiger partial charge is 0.382 e. The SMILES string of the molecule is O=S(=O)(c1ccc(NC2CC3CCC(C2)N3)cc1)C(F)F. The number of piperidine rings is 1. The highest BCUT2D eigenvalue weighted by Crippen LogP contribution is 2.29. The topological polar surface area (TPSA) is 58.2 Å². The number of fused-ring (bicyclic) bond motifs is 2. The molecule has 2 unspecified atom stereocenters. The van der Waals surface area contributed by atoms with Gasteiger partial charge < -0.3 is 10.6 Å². The Kier molecular flexibility index (Phi) is 3.88. The fourth-order valence-electron chi connectivity index (χ4n) is 3.25. The van der Waals surface area contributed by atoms with Gasteiger partial charge in [-0.15, -0.1) is 0 Å². The van der Waals surface area contributed by atoms with Gasteiger partial charge in [-0.05, 0) is 49.9 Å². The molecule has 2 aliphatic heterocycles. The number of benzene rings is 1. The van der Waals surface area contributed by atoms with Crippen molar-refractivity contribution in [1.82, 2.24) is 5.32 Å². The summed E-state index contributed by atoms with van der Waals surface area (Å²) in [6, 6.07) is 7.04. The van der Waals surface area contributed by atoms with Crippen molar-refractivity contribution >= 4 is 15.5 Å². The molecule has 0 spiro atoms. The minimum Gasteiger partial charge on any atom is -0.382 e. The molecule has 4 nitrogen and oxygen atoms in total. The Bertz CT molecular complexity index is 592. The first-order chi connectivity index (χ1) is 9.95. The molecule has 0 aliphatic carbocycles. The highest BCUT2D eigenvalue weighted by molar-refractivity contribution is 7.91. The maximum atomic E-state index is 12.5. The van der Waals surface area contributed by atoms with E-state index in [2.05, 4.69) is 10.6 Å². The van der Waals surface area contributed by atoms with Crippen molar-refractivity contribution in [3.8, 4) is 0 Å². The zero-order chi connectivity index (χ0) is 15.0. The lowest BCUT2D eigenvalue weighted by Gasteiger charge is -2.30. The lowest BCUT2D eigenvalue weighted by atomic mass is 9.99. The van der Waals surface area contributed by atoms with E-state index in [4.69, 9.17) is 0 Å². The quantitative estimate of drug-likeness (QED) is 0.895. The van der Waals surface area contributed by atoms with Crippen molar-refractivity contribution in [1.29, 1.82) is 0 Å². The molecule has 2 saturated heterocycles. The first-order valence-electron chi connectivity index (χ1n) is 7.10. The van der Waals surface area contributed by atoms with Crippen LogP contribution in [0.4, 0.5) is 14.5 Å². The first kappa shape index (κ1) is 14.7. The van der Waals surface area contributed by atoms with E-state index in [1.54, 1.807) is 12.1 Å². The van der Waals surface area contributed by atoms with Gasteiger partial charge in [0.05, 0.1) is 4.90 Å². The maximum Gasteiger partial charge on any atom is 0.341 e. The van der Waals surface area contributed by atoms with E-state index in [1.165, 1.54) is 25.0 Å². The van der Waals surface area contributed by atoms with E-state index in [-0.39, 0.29) is 4.90 Å². The third kappa shape index (κ3) is 3.03. The molecular weight excluding hydrogens is 298 g/mol. The molecule has 7 heteroatoms. The van der Waals surface area contributed by atoms with Crippen LogP contribution in [0.5, 0.6) is 0 Å². The van der Waals surface area contributed by atoms with Gasteiger partial charge in [-0.25, -0.2) is 8.42 Å². The van der Waals surface area contributed by atoms with Gasteiger partial charge in [-0.1, -0.05) is 0 Å². The summed E-state index contributed by atoms with van der Waals surface area (Å²) in [6.45, 7) is 0. The van der Waals surface area contributed by atoms with Crippen LogP contribution in [0.15, 0.2) is 29.2 Å². The zero-order valence-electron chi connectivity index (χ0n) is 11.4. The van der Waals surface area contributed by atoms with E-state index in [1.807, 2.05) is 0 Å². The van der Waals surface area contributed by atoms with E-state index in [9.17, 15) is 17.2 Å². The number of nitrogens with one attached hydrogen (secondary N) is 2. The molecule has 116 valence electrons. The highest BCUT2D eigenvalue weighted by atomic mass is 32.2. The molecular formula is C14H18F2N2O2S. The van der Waals surface area contributed by atoms with Crippen molar-refractivity contribution in [3.05, 3.63) is 24.3 Å². The molecule has 3 rings (SSSR count). The van der Waals surface area contributed by atoms with Crippen LogP contribution in [0.25, 0.3) is 0 Å². The Balaban J connectivity index is 1.68. The molecule has 1 aromatic rings. The number of anilines is 1. The molecule has 0 amide bonds. The van der Waals surface area contributed by atoms with Crippen LogP contribution >= 0.6 is 0 Å². The molecule has 1 aromatic carbocycles. The second kappa shape index (κ2) is 5.53. The van der Waals surface area contributed by atoms with Gasteiger partial charge in [0.1, 0.15) is 0 Å². The summed E-state index contributed by atoms with van der Waals surface area (Å²) in [5.41, 5.74) is 0.773. The lowest BCUT2D eigenvalue weighted by Crippen LogP contribution is -2.43. The van der Waals surface area contributed by atoms with Crippen LogP contribution in [-0.4, -0.2) is 32.3 Å². The number of sulfone groups is 1. The normalized spacial score (nSPS) is 28.8. The predicted molar refractivity (Wildman–Crippen MR) is 76.2 cm³/mol. The molecule has 0 aromatic heterocycles. The van der Waals surface area contributed by atoms with Crippen LogP contribution in [-0.2, 0) is 9.84 Å². The van der Waals surface area contributed by atoms with Crippen molar-refractivity contribution in [2.45, 2.75) is 54.5 Å². The molecule has 21 heavy (non-hydrogen) atoms. The Morgan fingerprint density at radius 1 is 1.10 bits per heavy atom. The van der Waals surface area contributed by atoms with Gasteiger partial charge in [0.25, 0.3) is 0 Å². The fourth-order valence-corrected chi connectivity index (χ4v) is 3.98. The molecule has 2 N–H and O–H groups in total. The Labute approximate surface area is 122 Å². The fraction of sp³-hybridized carbons (Fsp3) is 0.571. The van der Waals surface area contributed by atoms with Gasteiger partial charge in [-0.3, -0.25) is 0 Å². The third-order valence-corrected chi connectivity index (χ3v) is 5.66. The number of hydrogen-bond donors (Lipinski definition) is 2. The summed E-state index contributed by atoms with van der Waals surface area (Å²) >= 11 is 0. The average Bonchev–Trinajstić information content (AvgIpc) is 2.78. The standard InChI is InChI=1S/C14H18F2N2O2S/c15-14(16)21(19,20)13-5-3-9(4-6-13)17-12-7-10-1-2-11(8-12)18-10/h3-6,10-12,14,17-18H,1-2,7-8H2. The molecule has 2 heterocycles. The summed E-state index contributed by atoms with van der Waals surface area (Å²) < 4.78 is 47.6. The van der Waals surface area contributed by atoms with Crippen LogP contribution in [0, 0.1) is 0 Å². The van der Waals surface area contributed by atoms with Gasteiger partial charge in [0, 0.05) is 23.8 Å². The van der Waals surface area contributed by atoms with Crippen LogP contribution in [0.1, 0.15) is 25.7 Å². The van der Waals surface area contributed by atoms with Gasteiger partial charge in [0.2, 0.25) is 9.84 Å². The minimum absolute atomic E-state index is 0.339. The molecule has 2 atom stereocenters. The summed E-state index contributed by atoms with van der Waals surface area (Å²) in [6.07, 6.45) is 4.48. The monoisotopic (exact) mass is 316 g/mol. The van der Waals surface area contributed by atoms with Gasteiger partial charge >= 0.3 is 5.76 Å². The molecule has 2 fully saturated rings. The van der Waals surface area contributed by atoms with Gasteiger partial charge in [-0.2, -0.15) is 8.78 Å². The molecule has 0 radical (unpaired) electrons. The number of halogens is 2. The molecule has 0 saturated carbocycles. The zero-order valence-corrected chi connectivity index (χ0v) is 12.2. The Hall–Kier alpha value is -1.21. The highest BCUT2D eigenvalue weighted by Gasteiger charge is 2.33. The number of hydrogen-bond acceptors (Lipinski definition) is 4. The van der Waals surface area contributed by atoms with Crippen molar-refractivity contribution in [3.63, 3.8) is 0 Å². The summed E-state index contributed by atoms with van der Waals surface area (Å²) in [7, 11) is -4.51. The van der Waals surface area contributed by atoms with Crippen LogP contribution in [0.3, 0.4) is 0 Å². The van der Waals surface area contributed by atoms with E-state index >= 15 is 0 Å². The van der Waals surface area contributed by atoms with Crippen molar-refractivity contribution in [2.24, 2.45) is 0 Å². The van der Waals surface area contributed by atoms with E-state index < -0.39 is 15.6 Å². The summed E-state index contributed by atoms with van der Waals surface area (Å²) in [5.74, 6) is -3.38. The Morgan fingerprint density at radius 3 is 2.19 bits per heavy atom. The Morgan fingerprint density at radius 2 is 1.67 bits per heavy atom. The molecule has 2 bridgehead atoms. The van der Waals surface area contributed by atoms with E-state index in [0.29, 0.717) is 18.1 Å². The lowest BCUT2D eigenvalue weighted by molar-refractivity contribution is 0.234. The molecule has 2 aliphatic rings. The smallest absolute Gasteiger partial charge is 0.341 e. The van der Waals surface area contributed by atoms with Crippen LogP contribution < -0.4 is 10.6 Å².